The first-order valence-corrected chi connectivity index (χ1v) is 7.82. The molecule has 0 spiro atoms. The second-order valence-corrected chi connectivity index (χ2v) is 4.92. The molecule has 2 N–H and O–H groups in total. The Morgan fingerprint density at radius 1 is 1.30 bits per heavy atom. The molecule has 0 aliphatic carbocycles. The lowest BCUT2D eigenvalue weighted by molar-refractivity contribution is 0.0702. The summed E-state index contributed by atoms with van der Waals surface area (Å²) in [4.78, 5) is 4.53. The van der Waals surface area contributed by atoms with Gasteiger partial charge in [-0.3, -0.25) is 9.67 Å². The average molecular weight is 439 g/mol. The van der Waals surface area contributed by atoms with Crippen molar-refractivity contribution in [3.63, 3.8) is 0 Å². The van der Waals surface area contributed by atoms with Gasteiger partial charge in [0.05, 0.1) is 19.4 Å². The number of halogens is 1. The van der Waals surface area contributed by atoms with E-state index in [4.69, 9.17) is 9.47 Å². The third kappa shape index (κ3) is 11.3. The third-order valence-electron chi connectivity index (χ3n) is 2.96. The lowest BCUT2D eigenvalue weighted by Crippen LogP contribution is -2.38. The first-order chi connectivity index (χ1) is 10.8. The van der Waals surface area contributed by atoms with Crippen LogP contribution in [0.3, 0.4) is 0 Å². The zero-order chi connectivity index (χ0) is 16.0. The first-order valence-electron chi connectivity index (χ1n) is 7.82. The van der Waals surface area contributed by atoms with Crippen LogP contribution in [0.15, 0.2) is 17.4 Å². The van der Waals surface area contributed by atoms with Gasteiger partial charge in [-0.05, 0) is 25.3 Å². The molecule has 1 aromatic rings. The van der Waals surface area contributed by atoms with Gasteiger partial charge < -0.3 is 20.1 Å². The van der Waals surface area contributed by atoms with E-state index < -0.39 is 0 Å². The topological polar surface area (TPSA) is 72.7 Å². The summed E-state index contributed by atoms with van der Waals surface area (Å²) < 4.78 is 12.2. The smallest absolute Gasteiger partial charge is 0.191 e. The molecule has 0 aromatic carbocycles. The minimum atomic E-state index is 0. The number of guanidine groups is 1. The molecule has 7 nitrogen and oxygen atoms in total. The van der Waals surface area contributed by atoms with Crippen molar-refractivity contribution in [3.05, 3.63) is 18.0 Å². The molecule has 0 aliphatic rings. The molecule has 0 bridgehead atoms. The highest BCUT2D eigenvalue weighted by Crippen LogP contribution is 1.96. The summed E-state index contributed by atoms with van der Waals surface area (Å²) in [5.41, 5.74) is 1.22. The van der Waals surface area contributed by atoms with E-state index in [0.717, 1.165) is 38.4 Å². The van der Waals surface area contributed by atoms with Crippen molar-refractivity contribution in [2.45, 2.75) is 19.8 Å². The quantitative estimate of drug-likeness (QED) is 0.235. The lowest BCUT2D eigenvalue weighted by atomic mass is 10.2. The molecule has 1 heterocycles. The van der Waals surface area contributed by atoms with Gasteiger partial charge in [-0.2, -0.15) is 5.10 Å². The highest BCUT2D eigenvalue weighted by atomic mass is 127. The fraction of sp³-hybridized carbons (Fsp3) is 0.733. The molecule has 1 rings (SSSR count). The van der Waals surface area contributed by atoms with E-state index >= 15 is 0 Å². The predicted octanol–water partition coefficient (Wildman–Crippen LogP) is 1.19. The van der Waals surface area contributed by atoms with Gasteiger partial charge in [-0.1, -0.05) is 0 Å². The zero-order valence-corrected chi connectivity index (χ0v) is 16.7. The number of hydrogen-bond acceptors (Lipinski definition) is 4. The van der Waals surface area contributed by atoms with Gasteiger partial charge in [0.25, 0.3) is 0 Å². The Bertz CT molecular complexity index is 426. The third-order valence-corrected chi connectivity index (χ3v) is 2.96. The van der Waals surface area contributed by atoms with Crippen LogP contribution in [0.4, 0.5) is 0 Å². The maximum Gasteiger partial charge on any atom is 0.191 e. The molecule has 0 fully saturated rings. The number of nitrogens with zero attached hydrogens (tertiary/aromatic N) is 3. The minimum Gasteiger partial charge on any atom is -0.382 e. The van der Waals surface area contributed by atoms with Crippen LogP contribution < -0.4 is 10.6 Å². The first kappa shape index (κ1) is 22.1. The molecule has 8 heteroatoms. The van der Waals surface area contributed by atoms with Crippen molar-refractivity contribution >= 4 is 29.9 Å². The molecule has 0 atom stereocenters. The molecule has 23 heavy (non-hydrogen) atoms. The molecule has 1 aromatic heterocycles. The predicted molar refractivity (Wildman–Crippen MR) is 104 cm³/mol. The van der Waals surface area contributed by atoms with E-state index in [-0.39, 0.29) is 24.0 Å². The summed E-state index contributed by atoms with van der Waals surface area (Å²) in [6.07, 6.45) is 5.76. The van der Waals surface area contributed by atoms with Gasteiger partial charge in [0.2, 0.25) is 0 Å². The van der Waals surface area contributed by atoms with Crippen LogP contribution in [0, 0.1) is 0 Å². The molecule has 0 aliphatic heterocycles. The summed E-state index contributed by atoms with van der Waals surface area (Å²) in [6.45, 7) is 6.49. The second-order valence-electron chi connectivity index (χ2n) is 4.92. The Balaban J connectivity index is 0.00000484. The largest absolute Gasteiger partial charge is 0.382 e. The number of aliphatic imine (C=N–C) groups is 1. The highest BCUT2D eigenvalue weighted by Gasteiger charge is 1.99. The van der Waals surface area contributed by atoms with E-state index in [1.807, 2.05) is 24.1 Å². The molecule has 0 amide bonds. The fourth-order valence-corrected chi connectivity index (χ4v) is 1.87. The number of hydrogen-bond donors (Lipinski definition) is 2. The average Bonchev–Trinajstić information content (AvgIpc) is 2.92. The van der Waals surface area contributed by atoms with Crippen molar-refractivity contribution < 1.29 is 9.47 Å². The molecule has 0 unspecified atom stereocenters. The van der Waals surface area contributed by atoms with Gasteiger partial charge >= 0.3 is 0 Å². The number of rotatable bonds is 11. The van der Waals surface area contributed by atoms with Crippen molar-refractivity contribution in [2.75, 3.05) is 46.6 Å². The van der Waals surface area contributed by atoms with Crippen molar-refractivity contribution in [1.82, 2.24) is 20.4 Å². The van der Waals surface area contributed by atoms with Crippen molar-refractivity contribution in [3.8, 4) is 0 Å². The van der Waals surface area contributed by atoms with Crippen LogP contribution in [0.1, 0.15) is 18.9 Å². The fourth-order valence-electron chi connectivity index (χ4n) is 1.87. The van der Waals surface area contributed by atoms with Crippen molar-refractivity contribution in [2.24, 2.45) is 12.0 Å². The van der Waals surface area contributed by atoms with Gasteiger partial charge in [0.15, 0.2) is 5.96 Å². The highest BCUT2D eigenvalue weighted by molar-refractivity contribution is 14.0. The molecule has 134 valence electrons. The summed E-state index contributed by atoms with van der Waals surface area (Å²) in [6, 6.07) is 0. The summed E-state index contributed by atoms with van der Waals surface area (Å²) >= 11 is 0. The van der Waals surface area contributed by atoms with Crippen LogP contribution in [0.25, 0.3) is 0 Å². The number of aryl methyl sites for hydroxylation is 1. The van der Waals surface area contributed by atoms with E-state index in [9.17, 15) is 0 Å². The molecule has 0 saturated carbocycles. The normalized spacial score (nSPS) is 11.2. The van der Waals surface area contributed by atoms with Crippen molar-refractivity contribution in [1.29, 1.82) is 0 Å². The van der Waals surface area contributed by atoms with Crippen LogP contribution >= 0.6 is 24.0 Å². The Morgan fingerprint density at radius 2 is 2.13 bits per heavy atom. The maximum atomic E-state index is 5.41. The van der Waals surface area contributed by atoms with Crippen LogP contribution in [0.2, 0.25) is 0 Å². The zero-order valence-electron chi connectivity index (χ0n) is 14.4. The minimum absolute atomic E-state index is 0. The number of aromatic nitrogens is 2. The van der Waals surface area contributed by atoms with E-state index in [1.54, 1.807) is 7.11 Å². The SMILES string of the molecule is CCNC(=NCCCOCCOC)NCCc1cnn(C)c1.I. The van der Waals surface area contributed by atoms with E-state index in [1.165, 1.54) is 5.56 Å². The summed E-state index contributed by atoms with van der Waals surface area (Å²) in [5, 5.41) is 10.7. The Labute approximate surface area is 156 Å². The van der Waals surface area contributed by atoms with Crippen LogP contribution in [-0.4, -0.2) is 62.3 Å². The monoisotopic (exact) mass is 439 g/mol. The van der Waals surface area contributed by atoms with Gasteiger partial charge in [-0.15, -0.1) is 24.0 Å². The number of ether oxygens (including phenoxy) is 2. The van der Waals surface area contributed by atoms with Gasteiger partial charge in [-0.25, -0.2) is 0 Å². The summed E-state index contributed by atoms with van der Waals surface area (Å²) in [7, 11) is 3.60. The van der Waals surface area contributed by atoms with Crippen LogP contribution in [-0.2, 0) is 22.9 Å². The van der Waals surface area contributed by atoms with Crippen LogP contribution in [0.5, 0.6) is 0 Å². The molecular formula is C15H30IN5O2. The number of nitrogens with one attached hydrogen (secondary N) is 2. The molecule has 0 saturated heterocycles. The van der Waals surface area contributed by atoms with Gasteiger partial charge in [0, 0.05) is 46.6 Å². The Kier molecular flexibility index (Phi) is 14.1. The van der Waals surface area contributed by atoms with E-state index in [2.05, 4.69) is 27.6 Å². The molecule has 0 radical (unpaired) electrons. The second kappa shape index (κ2) is 14.7. The standard InChI is InChI=1S/C15H29N5O2.HI/c1-4-16-15(17-7-5-9-22-11-10-21-3)18-8-6-14-12-19-20(2)13-14;/h12-13H,4-11H2,1-3H3,(H2,16,17,18);1H. The molecular weight excluding hydrogens is 409 g/mol. The van der Waals surface area contributed by atoms with Gasteiger partial charge in [0.1, 0.15) is 0 Å². The Morgan fingerprint density at radius 3 is 2.78 bits per heavy atom. The van der Waals surface area contributed by atoms with E-state index in [0.29, 0.717) is 19.8 Å². The number of methoxy groups -OCH3 is 1. The lowest BCUT2D eigenvalue weighted by Gasteiger charge is -2.10. The maximum absolute atomic E-state index is 5.41. The summed E-state index contributed by atoms with van der Waals surface area (Å²) in [5.74, 6) is 0.850. The Hall–Kier alpha value is -0.870.